The number of ketones is 1. The molecule has 0 aromatic heterocycles. The molecule has 3 rings (SSSR count). The van der Waals surface area contributed by atoms with E-state index in [9.17, 15) is 9.18 Å². The van der Waals surface area contributed by atoms with Gasteiger partial charge in [-0.3, -0.25) is 4.79 Å². The highest BCUT2D eigenvalue weighted by Gasteiger charge is 2.56. The number of rotatable bonds is 2. The van der Waals surface area contributed by atoms with Crippen LogP contribution in [0.15, 0.2) is 22.7 Å². The van der Waals surface area contributed by atoms with Crippen LogP contribution in [0, 0.1) is 11.2 Å². The molecule has 0 bridgehead atoms. The van der Waals surface area contributed by atoms with Crippen LogP contribution in [0.1, 0.15) is 38.5 Å². The van der Waals surface area contributed by atoms with E-state index < -0.39 is 0 Å². The zero-order valence-corrected chi connectivity index (χ0v) is 12.2. The molecule has 1 spiro atoms. The van der Waals surface area contributed by atoms with Crippen molar-refractivity contribution in [3.63, 3.8) is 0 Å². The van der Waals surface area contributed by atoms with Crippen LogP contribution in [0.4, 0.5) is 4.39 Å². The normalized spacial score (nSPS) is 25.2. The molecule has 2 aliphatic rings. The molecule has 2 nitrogen and oxygen atoms in total. The lowest BCUT2D eigenvalue weighted by Gasteiger charge is -2.49. The second-order valence-electron chi connectivity index (χ2n) is 5.53. The SMILES string of the molecule is O=C1CC(Oc2ccc(Br)c(F)c2)C12CCCCC2. The molecule has 0 aliphatic heterocycles. The largest absolute Gasteiger partial charge is 0.489 e. The van der Waals surface area contributed by atoms with E-state index in [1.54, 1.807) is 12.1 Å². The van der Waals surface area contributed by atoms with Gasteiger partial charge in [-0.2, -0.15) is 0 Å². The second-order valence-corrected chi connectivity index (χ2v) is 6.38. The third kappa shape index (κ3) is 2.20. The number of ether oxygens (including phenoxy) is 1. The van der Waals surface area contributed by atoms with Crippen LogP contribution < -0.4 is 4.74 Å². The van der Waals surface area contributed by atoms with Crippen molar-refractivity contribution in [1.29, 1.82) is 0 Å². The van der Waals surface area contributed by atoms with Gasteiger partial charge in [0.2, 0.25) is 0 Å². The van der Waals surface area contributed by atoms with E-state index in [4.69, 9.17) is 4.74 Å². The Morgan fingerprint density at radius 3 is 2.63 bits per heavy atom. The summed E-state index contributed by atoms with van der Waals surface area (Å²) in [4.78, 5) is 12.0. The zero-order valence-electron chi connectivity index (χ0n) is 10.6. The summed E-state index contributed by atoms with van der Waals surface area (Å²) < 4.78 is 19.8. The summed E-state index contributed by atoms with van der Waals surface area (Å²) in [5, 5.41) is 0. The summed E-state index contributed by atoms with van der Waals surface area (Å²) in [7, 11) is 0. The molecule has 1 aromatic carbocycles. The van der Waals surface area contributed by atoms with Crippen molar-refractivity contribution in [2.24, 2.45) is 5.41 Å². The highest BCUT2D eigenvalue weighted by molar-refractivity contribution is 9.10. The molecule has 0 N–H and O–H groups in total. The minimum atomic E-state index is -0.333. The lowest BCUT2D eigenvalue weighted by atomic mass is 9.57. The fourth-order valence-corrected chi connectivity index (χ4v) is 3.51. The van der Waals surface area contributed by atoms with Gasteiger partial charge >= 0.3 is 0 Å². The van der Waals surface area contributed by atoms with Crippen molar-refractivity contribution >= 4 is 21.7 Å². The van der Waals surface area contributed by atoms with Gasteiger partial charge in [0.25, 0.3) is 0 Å². The predicted octanol–water partition coefficient (Wildman–Crippen LogP) is 4.26. The average Bonchev–Trinajstić information content (AvgIpc) is 2.43. The molecular formula is C15H16BrFO2. The summed E-state index contributed by atoms with van der Waals surface area (Å²) in [6.45, 7) is 0. The first kappa shape index (κ1) is 13.1. The van der Waals surface area contributed by atoms with E-state index in [0.29, 0.717) is 22.4 Å². The average molecular weight is 327 g/mol. The van der Waals surface area contributed by atoms with Crippen molar-refractivity contribution < 1.29 is 13.9 Å². The minimum Gasteiger partial charge on any atom is -0.489 e. The molecule has 4 heteroatoms. The van der Waals surface area contributed by atoms with Crippen LogP contribution in [0.5, 0.6) is 5.75 Å². The monoisotopic (exact) mass is 326 g/mol. The Hall–Kier alpha value is -0.900. The molecule has 2 saturated carbocycles. The van der Waals surface area contributed by atoms with E-state index >= 15 is 0 Å². The quantitative estimate of drug-likeness (QED) is 0.811. The molecule has 0 heterocycles. The Morgan fingerprint density at radius 2 is 2.00 bits per heavy atom. The lowest BCUT2D eigenvalue weighted by molar-refractivity contribution is -0.156. The van der Waals surface area contributed by atoms with Crippen molar-refractivity contribution in [3.8, 4) is 5.75 Å². The molecule has 102 valence electrons. The van der Waals surface area contributed by atoms with Crippen molar-refractivity contribution in [2.45, 2.75) is 44.6 Å². The van der Waals surface area contributed by atoms with Crippen LogP contribution in [0.2, 0.25) is 0 Å². The summed E-state index contributed by atoms with van der Waals surface area (Å²) in [5.41, 5.74) is -0.276. The standard InChI is InChI=1S/C15H16BrFO2/c16-11-5-4-10(8-12(11)17)19-14-9-13(18)15(14)6-2-1-3-7-15/h4-5,8,14H,1-3,6-7,9H2. The van der Waals surface area contributed by atoms with Gasteiger partial charge in [-0.15, -0.1) is 0 Å². The predicted molar refractivity (Wildman–Crippen MR) is 73.7 cm³/mol. The van der Waals surface area contributed by atoms with E-state index in [1.165, 1.54) is 12.5 Å². The summed E-state index contributed by atoms with van der Waals surface area (Å²) in [5.74, 6) is 0.513. The highest BCUT2D eigenvalue weighted by Crippen LogP contribution is 2.50. The number of Topliss-reactive ketones (excluding diaryl/α,β-unsaturated/α-hetero) is 1. The first-order chi connectivity index (χ1) is 9.12. The summed E-state index contributed by atoms with van der Waals surface area (Å²) in [6, 6.07) is 4.76. The molecule has 0 radical (unpaired) electrons. The summed E-state index contributed by atoms with van der Waals surface area (Å²) in [6.07, 6.45) is 5.65. The smallest absolute Gasteiger partial charge is 0.146 e. The van der Waals surface area contributed by atoms with E-state index in [0.717, 1.165) is 25.7 Å². The zero-order chi connectivity index (χ0) is 13.5. The molecule has 1 unspecified atom stereocenters. The number of benzene rings is 1. The second kappa shape index (κ2) is 4.89. The first-order valence-electron chi connectivity index (χ1n) is 6.77. The van der Waals surface area contributed by atoms with Crippen LogP contribution >= 0.6 is 15.9 Å². The topological polar surface area (TPSA) is 26.3 Å². The maximum absolute atomic E-state index is 13.5. The fraction of sp³-hybridized carbons (Fsp3) is 0.533. The van der Waals surface area contributed by atoms with Gasteiger partial charge in [0.1, 0.15) is 23.5 Å². The first-order valence-corrected chi connectivity index (χ1v) is 7.56. The summed E-state index contributed by atoms with van der Waals surface area (Å²) >= 11 is 3.12. The van der Waals surface area contributed by atoms with Gasteiger partial charge in [-0.25, -0.2) is 4.39 Å². The Kier molecular flexibility index (Phi) is 3.37. The van der Waals surface area contributed by atoms with Gasteiger partial charge in [0.05, 0.1) is 9.89 Å². The van der Waals surface area contributed by atoms with E-state index in [1.807, 2.05) is 0 Å². The Bertz CT molecular complexity index is 509. The number of hydrogen-bond acceptors (Lipinski definition) is 2. The van der Waals surface area contributed by atoms with Gasteiger partial charge < -0.3 is 4.74 Å². The Morgan fingerprint density at radius 1 is 1.26 bits per heavy atom. The molecule has 1 atom stereocenters. The number of carbonyl (C=O) groups excluding carboxylic acids is 1. The molecule has 0 saturated heterocycles. The maximum atomic E-state index is 13.5. The third-order valence-corrected chi connectivity index (χ3v) is 5.10. The van der Waals surface area contributed by atoms with Crippen molar-refractivity contribution in [2.75, 3.05) is 0 Å². The minimum absolute atomic E-state index is 0.0686. The Balaban J connectivity index is 1.76. The Labute approximate surface area is 120 Å². The third-order valence-electron chi connectivity index (χ3n) is 4.46. The van der Waals surface area contributed by atoms with E-state index in [2.05, 4.69) is 15.9 Å². The number of carbonyl (C=O) groups is 1. The van der Waals surface area contributed by atoms with E-state index in [-0.39, 0.29) is 17.3 Å². The maximum Gasteiger partial charge on any atom is 0.146 e. The van der Waals surface area contributed by atoms with Gasteiger partial charge in [-0.1, -0.05) is 19.3 Å². The van der Waals surface area contributed by atoms with Crippen LogP contribution in [0.25, 0.3) is 0 Å². The van der Waals surface area contributed by atoms with Crippen molar-refractivity contribution in [3.05, 3.63) is 28.5 Å². The lowest BCUT2D eigenvalue weighted by Crippen LogP contribution is -2.57. The fourth-order valence-electron chi connectivity index (χ4n) is 3.27. The van der Waals surface area contributed by atoms with Crippen LogP contribution in [0.3, 0.4) is 0 Å². The number of halogens is 2. The molecule has 1 aromatic rings. The van der Waals surface area contributed by atoms with Gasteiger partial charge in [0, 0.05) is 12.5 Å². The van der Waals surface area contributed by atoms with Crippen LogP contribution in [-0.4, -0.2) is 11.9 Å². The van der Waals surface area contributed by atoms with Gasteiger partial charge in [-0.05, 0) is 40.9 Å². The molecule has 0 amide bonds. The number of hydrogen-bond donors (Lipinski definition) is 0. The molecular weight excluding hydrogens is 311 g/mol. The van der Waals surface area contributed by atoms with Crippen LogP contribution in [-0.2, 0) is 4.79 Å². The van der Waals surface area contributed by atoms with Gasteiger partial charge in [0.15, 0.2) is 0 Å². The molecule has 19 heavy (non-hydrogen) atoms. The van der Waals surface area contributed by atoms with Crippen molar-refractivity contribution in [1.82, 2.24) is 0 Å². The molecule has 2 fully saturated rings. The highest BCUT2D eigenvalue weighted by atomic mass is 79.9. The molecule has 2 aliphatic carbocycles.